The molecular weight excluding hydrogens is 502 g/mol. The number of carbonyl (C=O) groups is 1. The van der Waals surface area contributed by atoms with Crippen LogP contribution in [0.5, 0.6) is 5.75 Å². The van der Waals surface area contributed by atoms with Gasteiger partial charge in [-0.2, -0.15) is 4.98 Å². The smallest absolute Gasteiger partial charge is 0.229 e. The first-order valence-corrected chi connectivity index (χ1v) is 12.9. The van der Waals surface area contributed by atoms with Crippen molar-refractivity contribution < 1.29 is 9.53 Å². The van der Waals surface area contributed by atoms with Gasteiger partial charge in [0.05, 0.1) is 19.0 Å². The molecule has 4 rings (SSSR count). The molecule has 4 N–H and O–H groups in total. The third-order valence-electron chi connectivity index (χ3n) is 6.31. The van der Waals surface area contributed by atoms with Gasteiger partial charge in [0.25, 0.3) is 0 Å². The van der Waals surface area contributed by atoms with E-state index in [0.717, 1.165) is 48.7 Å². The maximum absolute atomic E-state index is 12.0. The quantitative estimate of drug-likeness (QED) is 0.315. The van der Waals surface area contributed by atoms with Crippen molar-refractivity contribution in [2.75, 3.05) is 62.4 Å². The molecule has 2 heterocycles. The summed E-state index contributed by atoms with van der Waals surface area (Å²) in [6.45, 7) is 4.86. The van der Waals surface area contributed by atoms with Crippen LogP contribution in [0.2, 0.25) is 5.02 Å². The Kier molecular flexibility index (Phi) is 9.53. The van der Waals surface area contributed by atoms with Crippen LogP contribution >= 0.6 is 11.6 Å². The van der Waals surface area contributed by atoms with Crippen LogP contribution in [0.4, 0.5) is 23.1 Å². The summed E-state index contributed by atoms with van der Waals surface area (Å²) in [5.74, 6) is 1.63. The Hall–Kier alpha value is -3.66. The van der Waals surface area contributed by atoms with Gasteiger partial charge in [-0.25, -0.2) is 4.98 Å². The average Bonchev–Trinajstić information content (AvgIpc) is 2.93. The third-order valence-corrected chi connectivity index (χ3v) is 6.59. The number of methoxy groups -OCH3 is 1. The number of nitrogens with two attached hydrogens (primary N) is 1. The topological polar surface area (TPSA) is 109 Å². The molecule has 3 aromatic rings. The second kappa shape index (κ2) is 13.2. The maximum atomic E-state index is 12.0. The van der Waals surface area contributed by atoms with Crippen molar-refractivity contribution in [1.29, 1.82) is 0 Å². The highest BCUT2D eigenvalue weighted by Gasteiger charge is 2.16. The first-order valence-electron chi connectivity index (χ1n) is 12.6. The molecule has 0 unspecified atom stereocenters. The van der Waals surface area contributed by atoms with Crippen LogP contribution in [-0.2, 0) is 17.8 Å². The molecule has 0 saturated carbocycles. The number of benzene rings is 2. The monoisotopic (exact) mass is 535 g/mol. The normalized spacial score (nSPS) is 14.1. The number of halogens is 1. The molecule has 9 nitrogen and oxygen atoms in total. The zero-order valence-corrected chi connectivity index (χ0v) is 22.5. The first kappa shape index (κ1) is 27.4. The molecule has 10 heteroatoms. The highest BCUT2D eigenvalue weighted by Crippen LogP contribution is 2.32. The average molecular weight is 536 g/mol. The Morgan fingerprint density at radius 2 is 1.95 bits per heavy atom. The van der Waals surface area contributed by atoms with Crippen molar-refractivity contribution in [3.05, 3.63) is 77.0 Å². The third kappa shape index (κ3) is 7.44. The minimum Gasteiger partial charge on any atom is -0.494 e. The van der Waals surface area contributed by atoms with Gasteiger partial charge in [-0.3, -0.25) is 4.79 Å². The fourth-order valence-electron chi connectivity index (χ4n) is 4.21. The van der Waals surface area contributed by atoms with Crippen molar-refractivity contribution in [3.63, 3.8) is 0 Å². The summed E-state index contributed by atoms with van der Waals surface area (Å²) in [4.78, 5) is 25.6. The molecule has 0 radical (unpaired) electrons. The van der Waals surface area contributed by atoms with E-state index in [4.69, 9.17) is 22.1 Å². The zero-order chi connectivity index (χ0) is 26.9. The van der Waals surface area contributed by atoms with Gasteiger partial charge in [0, 0.05) is 57.4 Å². The lowest BCUT2D eigenvalue weighted by atomic mass is 10.1. The van der Waals surface area contributed by atoms with E-state index < -0.39 is 0 Å². The minimum atomic E-state index is 0.0158. The van der Waals surface area contributed by atoms with Crippen molar-refractivity contribution in [3.8, 4) is 5.75 Å². The number of anilines is 4. The number of hydrogen-bond acceptors (Lipinski definition) is 9. The molecule has 0 bridgehead atoms. The largest absolute Gasteiger partial charge is 0.494 e. The molecule has 0 atom stereocenters. The number of carbonyl (C=O) groups excluding carboxylic acids is 1. The van der Waals surface area contributed by atoms with Gasteiger partial charge in [-0.1, -0.05) is 41.9 Å². The highest BCUT2D eigenvalue weighted by atomic mass is 35.5. The summed E-state index contributed by atoms with van der Waals surface area (Å²) >= 11 is 6.38. The van der Waals surface area contributed by atoms with Gasteiger partial charge in [-0.05, 0) is 36.4 Å². The molecule has 1 fully saturated rings. The molecule has 0 spiro atoms. The molecule has 2 aromatic carbocycles. The predicted molar refractivity (Wildman–Crippen MR) is 154 cm³/mol. The summed E-state index contributed by atoms with van der Waals surface area (Å²) in [5, 5.41) is 6.93. The van der Waals surface area contributed by atoms with Crippen LogP contribution in [0.15, 0.2) is 60.8 Å². The van der Waals surface area contributed by atoms with Crippen LogP contribution in [0, 0.1) is 0 Å². The van der Waals surface area contributed by atoms with Crippen molar-refractivity contribution in [2.45, 2.75) is 13.0 Å². The van der Waals surface area contributed by atoms with Gasteiger partial charge in [0.15, 0.2) is 11.6 Å². The molecule has 0 amide bonds. The summed E-state index contributed by atoms with van der Waals surface area (Å²) < 4.78 is 5.66. The molecule has 1 aromatic heterocycles. The van der Waals surface area contributed by atoms with Crippen molar-refractivity contribution in [2.24, 2.45) is 5.73 Å². The second-order valence-electron chi connectivity index (χ2n) is 9.14. The number of likely N-dealkylation sites (N-methyl/N-ethyl adjacent to an activating group) is 1. The van der Waals surface area contributed by atoms with Crippen molar-refractivity contribution in [1.82, 2.24) is 14.9 Å². The van der Waals surface area contributed by atoms with E-state index in [1.165, 1.54) is 6.08 Å². The van der Waals surface area contributed by atoms with E-state index in [2.05, 4.69) is 43.5 Å². The Balaban J connectivity index is 1.42. The standard InChI is InChI=1S/C28H34ClN7O2/c1-35-11-13-36(14-12-35)22-8-9-25(26(17-22)38-2)33-28-32-19-24(29)27(34-28)31-18-21-6-3-5-20(15-21)16-23(37)7-4-10-30/h3-9,15,17,19H,10-14,16,18,30H2,1-2H3,(H2,31,32,33,34)/b7-4+. The SMILES string of the molecule is COc1cc(N2CCN(C)CC2)ccc1Nc1ncc(Cl)c(NCc2cccc(CC(=O)/C=C/CN)c2)n1. The number of ketones is 1. The number of hydrogen-bond donors (Lipinski definition) is 3. The Bertz CT molecular complexity index is 1280. The van der Waals surface area contributed by atoms with Gasteiger partial charge in [0.1, 0.15) is 10.8 Å². The number of ether oxygens (including phenoxy) is 1. The van der Waals surface area contributed by atoms with E-state index >= 15 is 0 Å². The summed E-state index contributed by atoms with van der Waals surface area (Å²) in [6, 6.07) is 13.9. The molecule has 1 saturated heterocycles. The molecular formula is C28H34ClN7O2. The number of allylic oxidation sites excluding steroid dienone is 1. The lowest BCUT2D eigenvalue weighted by Gasteiger charge is -2.34. The highest BCUT2D eigenvalue weighted by molar-refractivity contribution is 6.32. The Morgan fingerprint density at radius 1 is 1.16 bits per heavy atom. The van der Waals surface area contributed by atoms with Crippen LogP contribution in [0.3, 0.4) is 0 Å². The summed E-state index contributed by atoms with van der Waals surface area (Å²) in [7, 11) is 3.80. The van der Waals surface area contributed by atoms with E-state index in [1.54, 1.807) is 19.4 Å². The van der Waals surface area contributed by atoms with Crippen LogP contribution < -0.4 is 26.0 Å². The van der Waals surface area contributed by atoms with Gasteiger partial charge in [-0.15, -0.1) is 0 Å². The fourth-order valence-corrected chi connectivity index (χ4v) is 4.37. The van der Waals surface area contributed by atoms with Crippen LogP contribution in [0.25, 0.3) is 0 Å². The number of piperazine rings is 1. The van der Waals surface area contributed by atoms with Crippen LogP contribution in [-0.4, -0.2) is 67.5 Å². The first-order chi connectivity index (χ1) is 18.4. The fraction of sp³-hybridized carbons (Fsp3) is 0.321. The van der Waals surface area contributed by atoms with E-state index in [1.807, 2.05) is 36.4 Å². The van der Waals surface area contributed by atoms with E-state index in [-0.39, 0.29) is 5.78 Å². The molecule has 38 heavy (non-hydrogen) atoms. The zero-order valence-electron chi connectivity index (χ0n) is 21.8. The van der Waals surface area contributed by atoms with E-state index in [0.29, 0.717) is 42.0 Å². The molecule has 0 aliphatic carbocycles. The number of nitrogens with zero attached hydrogens (tertiary/aromatic N) is 4. The lowest BCUT2D eigenvalue weighted by Crippen LogP contribution is -2.44. The molecule has 200 valence electrons. The predicted octanol–water partition coefficient (Wildman–Crippen LogP) is 3.87. The second-order valence-corrected chi connectivity index (χ2v) is 9.55. The summed E-state index contributed by atoms with van der Waals surface area (Å²) in [6.07, 6.45) is 5.06. The lowest BCUT2D eigenvalue weighted by molar-refractivity contribution is -0.114. The Morgan fingerprint density at radius 3 is 2.71 bits per heavy atom. The number of nitrogens with one attached hydrogen (secondary N) is 2. The van der Waals surface area contributed by atoms with Gasteiger partial charge >= 0.3 is 0 Å². The van der Waals surface area contributed by atoms with E-state index in [9.17, 15) is 4.79 Å². The number of rotatable bonds is 11. The molecule has 1 aliphatic heterocycles. The maximum Gasteiger partial charge on any atom is 0.229 e. The van der Waals surface area contributed by atoms with Gasteiger partial charge < -0.3 is 30.9 Å². The number of aromatic nitrogens is 2. The minimum absolute atomic E-state index is 0.0158. The van der Waals surface area contributed by atoms with Crippen molar-refractivity contribution >= 4 is 40.5 Å². The van der Waals surface area contributed by atoms with Crippen LogP contribution in [0.1, 0.15) is 11.1 Å². The van der Waals surface area contributed by atoms with Gasteiger partial charge in [0.2, 0.25) is 5.95 Å². The summed E-state index contributed by atoms with van der Waals surface area (Å²) in [5.41, 5.74) is 9.25. The Labute approximate surface area is 228 Å². The molecule has 1 aliphatic rings.